The summed E-state index contributed by atoms with van der Waals surface area (Å²) in [5.41, 5.74) is 20.0. The minimum atomic E-state index is -3.99. The Morgan fingerprint density at radius 2 is 0.692 bits per heavy atom. The van der Waals surface area contributed by atoms with Crippen molar-refractivity contribution in [2.24, 2.45) is 0 Å². The molecule has 0 N–H and O–H groups in total. The molecule has 2 unspecified atom stereocenters. The van der Waals surface area contributed by atoms with E-state index < -0.39 is 17.4 Å². The first-order valence-corrected chi connectivity index (χ1v) is 32.0. The second-order valence-electron chi connectivity index (χ2n) is 15.4. The minimum absolute atomic E-state index is 0. The molecule has 8 rings (SSSR count). The molecule has 0 bridgehead atoms. The van der Waals surface area contributed by atoms with Crippen LogP contribution in [-0.4, -0.2) is 6.88 Å². The van der Waals surface area contributed by atoms with Crippen LogP contribution in [0.2, 0.25) is 9.26 Å². The van der Waals surface area contributed by atoms with E-state index in [0.717, 1.165) is 12.8 Å². The Bertz CT molecular complexity index is 2190. The molecule has 0 aliphatic heterocycles. The van der Waals surface area contributed by atoms with Gasteiger partial charge < -0.3 is 0 Å². The zero-order chi connectivity index (χ0) is 34.5. The van der Waals surface area contributed by atoms with Crippen molar-refractivity contribution >= 4 is 43.8 Å². The summed E-state index contributed by atoms with van der Waals surface area (Å²) in [5.74, 6) is 0. The van der Waals surface area contributed by atoms with E-state index in [1.165, 1.54) is 55.6 Å². The molecular weight excluding hydrogens is 767 g/mol. The molecule has 0 radical (unpaired) electrons. The van der Waals surface area contributed by atoms with Crippen molar-refractivity contribution in [3.05, 3.63) is 179 Å². The van der Waals surface area contributed by atoms with Crippen LogP contribution in [0.5, 0.6) is 0 Å². The molecule has 0 fully saturated rings. The summed E-state index contributed by atoms with van der Waals surface area (Å²) in [6, 6.07) is 54.1. The third-order valence-corrected chi connectivity index (χ3v) is 29.0. The molecule has 0 saturated heterocycles. The summed E-state index contributed by atoms with van der Waals surface area (Å²) in [6.07, 6.45) is 7.36. The van der Waals surface area contributed by atoms with Crippen LogP contribution in [0, 0.1) is 0 Å². The Hall–Kier alpha value is -3.52. The topological polar surface area (TPSA) is 0 Å². The Kier molecular flexibility index (Phi) is 11.1. The van der Waals surface area contributed by atoms with Gasteiger partial charge in [0.2, 0.25) is 0 Å². The third-order valence-electron chi connectivity index (χ3n) is 11.6. The van der Waals surface area contributed by atoms with E-state index in [0.29, 0.717) is 7.25 Å². The number of allylic oxidation sites excluding steroid dienone is 2. The molecule has 2 atom stereocenters. The number of halogens is 2. The SMILES string of the molecule is CCC1=Cc2c(-c3ccccc3)ccc(-c3ccccc3)c2[CH]1[Zr]([CH3])([CH3])(=[SiH2])[CH]1C(CC)=Cc2c(-c3ccccc3)ccc(-c3ccccc3)c21.Cl.Cl. The summed E-state index contributed by atoms with van der Waals surface area (Å²) in [4.78, 5) is 0. The van der Waals surface area contributed by atoms with Crippen LogP contribution in [-0.2, 0) is 17.4 Å². The normalized spacial score (nSPS) is 16.2. The van der Waals surface area contributed by atoms with Gasteiger partial charge in [-0.15, -0.1) is 24.8 Å². The van der Waals surface area contributed by atoms with Crippen molar-refractivity contribution in [2.45, 2.75) is 43.2 Å². The van der Waals surface area contributed by atoms with E-state index in [4.69, 9.17) is 0 Å². The van der Waals surface area contributed by atoms with Crippen molar-refractivity contribution in [3.63, 3.8) is 0 Å². The fraction of sp³-hybridized carbons (Fsp3) is 0.167. The molecule has 6 aromatic rings. The van der Waals surface area contributed by atoms with Crippen molar-refractivity contribution in [1.29, 1.82) is 0 Å². The van der Waals surface area contributed by atoms with Crippen molar-refractivity contribution in [2.75, 3.05) is 0 Å². The van der Waals surface area contributed by atoms with Crippen LogP contribution in [0.3, 0.4) is 0 Å². The maximum atomic E-state index is 2.81. The zero-order valence-electron chi connectivity index (χ0n) is 30.6. The fourth-order valence-electron chi connectivity index (χ4n) is 9.54. The standard InChI is InChI=1S/2C23H19.2CH3.2ClH.H2Si.Zr/c2*1-2-17-15-22-20(18-9-5-3-6-10-18)13-14-21(23(22)16-17)19-11-7-4-8-12-19;;;;;;/h2*3-16H,2H2,1H3;2*1H3;2*1H;1H2;. The van der Waals surface area contributed by atoms with Crippen molar-refractivity contribution < 1.29 is 17.4 Å². The Morgan fingerprint density at radius 1 is 0.423 bits per heavy atom. The van der Waals surface area contributed by atoms with Crippen LogP contribution in [0.25, 0.3) is 56.7 Å². The molecule has 0 amide bonds. The molecule has 6 aromatic carbocycles. The molecule has 0 aromatic heterocycles. The molecule has 0 spiro atoms. The van der Waals surface area contributed by atoms with E-state index >= 15 is 0 Å². The van der Waals surface area contributed by atoms with Crippen LogP contribution < -0.4 is 0 Å². The van der Waals surface area contributed by atoms with E-state index in [2.05, 4.69) is 188 Å². The first-order valence-electron chi connectivity index (χ1n) is 18.3. The first kappa shape index (κ1) is 38.2. The van der Waals surface area contributed by atoms with Crippen molar-refractivity contribution in [3.8, 4) is 44.5 Å². The predicted molar refractivity (Wildman–Crippen MR) is 231 cm³/mol. The number of fused-ring (bicyclic) bond motifs is 2. The van der Waals surface area contributed by atoms with Crippen LogP contribution in [0.1, 0.15) is 56.2 Å². The molecule has 262 valence electrons. The Morgan fingerprint density at radius 3 is 0.981 bits per heavy atom. The third kappa shape index (κ3) is 6.41. The van der Waals surface area contributed by atoms with Gasteiger partial charge in [-0.2, -0.15) is 0 Å². The number of rotatable bonds is 8. The average molecular weight is 815 g/mol. The Labute approximate surface area is 325 Å². The van der Waals surface area contributed by atoms with Gasteiger partial charge in [-0.05, 0) is 0 Å². The van der Waals surface area contributed by atoms with E-state index in [1.54, 1.807) is 22.3 Å². The molecule has 2 aliphatic rings. The molecule has 0 nitrogen and oxygen atoms in total. The van der Waals surface area contributed by atoms with Gasteiger partial charge in [0.25, 0.3) is 0 Å². The molecule has 52 heavy (non-hydrogen) atoms. The molecule has 0 saturated carbocycles. The summed E-state index contributed by atoms with van der Waals surface area (Å²) < 4.78 is 6.45. The van der Waals surface area contributed by atoms with Gasteiger partial charge >= 0.3 is 303 Å². The van der Waals surface area contributed by atoms with Gasteiger partial charge in [0.05, 0.1) is 0 Å². The van der Waals surface area contributed by atoms with Crippen LogP contribution in [0.15, 0.2) is 157 Å². The minimum Gasteiger partial charge on any atom is -0.147 e. The summed E-state index contributed by atoms with van der Waals surface area (Å²) in [7, 11) is 0. The molecule has 2 aliphatic carbocycles. The fourth-order valence-corrected chi connectivity index (χ4v) is 29.5. The second-order valence-corrected chi connectivity index (χ2v) is 45.9. The van der Waals surface area contributed by atoms with E-state index in [9.17, 15) is 0 Å². The first-order chi connectivity index (χ1) is 24.3. The maximum absolute atomic E-state index is 3.99. The van der Waals surface area contributed by atoms with Gasteiger partial charge in [-0.3, -0.25) is 0 Å². The quantitative estimate of drug-likeness (QED) is 0.134. The summed E-state index contributed by atoms with van der Waals surface area (Å²) >= 11 is -3.99. The van der Waals surface area contributed by atoms with Gasteiger partial charge in [-0.1, -0.05) is 0 Å². The number of benzene rings is 6. The number of hydrogen-bond acceptors (Lipinski definition) is 0. The summed E-state index contributed by atoms with van der Waals surface area (Å²) in [5, 5.41) is 0. The monoisotopic (exact) mass is 812 g/mol. The summed E-state index contributed by atoms with van der Waals surface area (Å²) in [6.45, 7) is 7.26. The van der Waals surface area contributed by atoms with Gasteiger partial charge in [0, 0.05) is 0 Å². The van der Waals surface area contributed by atoms with Crippen LogP contribution in [0.4, 0.5) is 0 Å². The second kappa shape index (κ2) is 15.1. The van der Waals surface area contributed by atoms with E-state index in [1.807, 2.05) is 0 Å². The number of hydrogen-bond donors (Lipinski definition) is 0. The van der Waals surface area contributed by atoms with Gasteiger partial charge in [0.15, 0.2) is 0 Å². The average Bonchev–Trinajstić information content (AvgIpc) is 3.77. The largest absolute Gasteiger partial charge is 0.147 e. The maximum Gasteiger partial charge on any atom is -0.147 e. The van der Waals surface area contributed by atoms with Gasteiger partial charge in [-0.25, -0.2) is 0 Å². The zero-order valence-corrected chi connectivity index (χ0v) is 36.1. The molecule has 0 heterocycles. The molecule has 4 heteroatoms. The Balaban J connectivity index is 0.00000232. The van der Waals surface area contributed by atoms with E-state index in [-0.39, 0.29) is 24.8 Å². The molecular formula is C48H48Cl2SiZr. The predicted octanol–water partition coefficient (Wildman–Crippen LogP) is 13.9. The van der Waals surface area contributed by atoms with Crippen molar-refractivity contribution in [1.82, 2.24) is 0 Å². The van der Waals surface area contributed by atoms with Crippen LogP contribution >= 0.6 is 24.8 Å². The smallest absolute Gasteiger partial charge is 0.147 e. The van der Waals surface area contributed by atoms with Gasteiger partial charge in [0.1, 0.15) is 0 Å².